The Morgan fingerprint density at radius 2 is 1.93 bits per heavy atom. The van der Waals surface area contributed by atoms with Crippen LogP contribution in [-0.4, -0.2) is 54.5 Å². The summed E-state index contributed by atoms with van der Waals surface area (Å²) in [6, 6.07) is 1.26. The molecule has 1 atom stereocenters. The standard InChI is InChI=1S/C11H21N3O/c12-8-11-2-1-5-14(11)10-3-6-13(9-15)7-4-10/h9-11H,1-8,12H2. The second-order valence-corrected chi connectivity index (χ2v) is 4.64. The topological polar surface area (TPSA) is 49.6 Å². The number of hydrogen-bond donors (Lipinski definition) is 1. The molecule has 2 rings (SSSR count). The first-order valence-corrected chi connectivity index (χ1v) is 6.00. The van der Waals surface area contributed by atoms with Gasteiger partial charge in [0.1, 0.15) is 0 Å². The number of carbonyl (C=O) groups excluding carboxylic acids is 1. The minimum Gasteiger partial charge on any atom is -0.345 e. The summed E-state index contributed by atoms with van der Waals surface area (Å²) < 4.78 is 0. The third-order valence-electron chi connectivity index (χ3n) is 3.81. The molecule has 0 aliphatic carbocycles. The zero-order valence-electron chi connectivity index (χ0n) is 9.27. The van der Waals surface area contributed by atoms with E-state index in [9.17, 15) is 4.79 Å². The van der Waals surface area contributed by atoms with Crippen LogP contribution in [0.15, 0.2) is 0 Å². The molecule has 2 heterocycles. The molecule has 0 radical (unpaired) electrons. The zero-order valence-corrected chi connectivity index (χ0v) is 9.27. The number of nitrogens with zero attached hydrogens (tertiary/aromatic N) is 2. The molecule has 0 aromatic rings. The average molecular weight is 211 g/mol. The first-order valence-electron chi connectivity index (χ1n) is 6.00. The van der Waals surface area contributed by atoms with Crippen LogP contribution in [0.3, 0.4) is 0 Å². The van der Waals surface area contributed by atoms with Gasteiger partial charge in [-0.25, -0.2) is 0 Å². The molecule has 0 aromatic heterocycles. The molecule has 0 bridgehead atoms. The molecule has 2 aliphatic heterocycles. The van der Waals surface area contributed by atoms with Crippen LogP contribution in [0.2, 0.25) is 0 Å². The molecule has 2 fully saturated rings. The van der Waals surface area contributed by atoms with Crippen molar-refractivity contribution in [1.29, 1.82) is 0 Å². The molecule has 0 saturated carbocycles. The fraction of sp³-hybridized carbons (Fsp3) is 0.909. The monoisotopic (exact) mass is 211 g/mol. The Hall–Kier alpha value is -0.610. The number of piperidine rings is 1. The first-order chi connectivity index (χ1) is 7.35. The van der Waals surface area contributed by atoms with Crippen molar-refractivity contribution in [1.82, 2.24) is 9.80 Å². The maximum Gasteiger partial charge on any atom is 0.209 e. The maximum atomic E-state index is 10.6. The second-order valence-electron chi connectivity index (χ2n) is 4.64. The average Bonchev–Trinajstić information content (AvgIpc) is 2.77. The number of nitrogens with two attached hydrogens (primary N) is 1. The summed E-state index contributed by atoms with van der Waals surface area (Å²) in [6.07, 6.45) is 5.76. The van der Waals surface area contributed by atoms with Crippen LogP contribution >= 0.6 is 0 Å². The number of carbonyl (C=O) groups is 1. The van der Waals surface area contributed by atoms with Crippen molar-refractivity contribution in [3.8, 4) is 0 Å². The lowest BCUT2D eigenvalue weighted by atomic mass is 10.0. The molecular weight excluding hydrogens is 190 g/mol. The number of hydrogen-bond acceptors (Lipinski definition) is 3. The van der Waals surface area contributed by atoms with Crippen molar-refractivity contribution < 1.29 is 4.79 Å². The van der Waals surface area contributed by atoms with E-state index in [0.29, 0.717) is 12.1 Å². The van der Waals surface area contributed by atoms with E-state index in [1.54, 1.807) is 0 Å². The van der Waals surface area contributed by atoms with Gasteiger partial charge in [0.25, 0.3) is 0 Å². The summed E-state index contributed by atoms with van der Waals surface area (Å²) in [5.41, 5.74) is 5.78. The zero-order chi connectivity index (χ0) is 10.7. The second kappa shape index (κ2) is 4.94. The third kappa shape index (κ3) is 2.32. The summed E-state index contributed by atoms with van der Waals surface area (Å²) in [5, 5.41) is 0. The van der Waals surface area contributed by atoms with Gasteiger partial charge in [0.05, 0.1) is 0 Å². The molecule has 2 aliphatic rings. The highest BCUT2D eigenvalue weighted by Gasteiger charge is 2.31. The summed E-state index contributed by atoms with van der Waals surface area (Å²) in [4.78, 5) is 15.1. The Morgan fingerprint density at radius 1 is 1.20 bits per heavy atom. The van der Waals surface area contributed by atoms with E-state index >= 15 is 0 Å². The molecule has 0 spiro atoms. The van der Waals surface area contributed by atoms with Gasteiger partial charge in [-0.2, -0.15) is 0 Å². The quantitative estimate of drug-likeness (QED) is 0.670. The van der Waals surface area contributed by atoms with Crippen LogP contribution in [0.25, 0.3) is 0 Å². The smallest absolute Gasteiger partial charge is 0.209 e. The summed E-state index contributed by atoms with van der Waals surface area (Å²) >= 11 is 0. The Morgan fingerprint density at radius 3 is 2.53 bits per heavy atom. The van der Waals surface area contributed by atoms with Gasteiger partial charge < -0.3 is 10.6 Å². The Kier molecular flexibility index (Phi) is 3.59. The van der Waals surface area contributed by atoms with Gasteiger partial charge in [0.15, 0.2) is 0 Å². The van der Waals surface area contributed by atoms with Crippen LogP contribution < -0.4 is 5.73 Å². The largest absolute Gasteiger partial charge is 0.345 e. The third-order valence-corrected chi connectivity index (χ3v) is 3.81. The van der Waals surface area contributed by atoms with Gasteiger partial charge in [0.2, 0.25) is 6.41 Å². The minimum absolute atomic E-state index is 0.595. The van der Waals surface area contributed by atoms with E-state index in [4.69, 9.17) is 5.73 Å². The van der Waals surface area contributed by atoms with Crippen LogP contribution in [0.4, 0.5) is 0 Å². The van der Waals surface area contributed by atoms with Crippen molar-refractivity contribution >= 4 is 6.41 Å². The van der Waals surface area contributed by atoms with Gasteiger partial charge in [-0.15, -0.1) is 0 Å². The lowest BCUT2D eigenvalue weighted by Crippen LogP contribution is -2.48. The van der Waals surface area contributed by atoms with Gasteiger partial charge in [-0.1, -0.05) is 0 Å². The number of likely N-dealkylation sites (tertiary alicyclic amines) is 2. The molecule has 1 unspecified atom stereocenters. The predicted octanol–water partition coefficient (Wildman–Crippen LogP) is 0.0303. The lowest BCUT2D eigenvalue weighted by molar-refractivity contribution is -0.119. The summed E-state index contributed by atoms with van der Waals surface area (Å²) in [5.74, 6) is 0. The number of rotatable bonds is 3. The molecule has 2 saturated heterocycles. The Balaban J connectivity index is 1.86. The highest BCUT2D eigenvalue weighted by molar-refractivity contribution is 5.47. The van der Waals surface area contributed by atoms with Crippen LogP contribution in [0.5, 0.6) is 0 Å². The van der Waals surface area contributed by atoms with Gasteiger partial charge in [0, 0.05) is 31.7 Å². The van der Waals surface area contributed by atoms with Crippen molar-refractivity contribution in [3.05, 3.63) is 0 Å². The van der Waals surface area contributed by atoms with E-state index in [0.717, 1.165) is 38.9 Å². The predicted molar refractivity (Wildman–Crippen MR) is 59.4 cm³/mol. The Bertz CT molecular complexity index is 214. The van der Waals surface area contributed by atoms with E-state index in [1.165, 1.54) is 19.4 Å². The normalized spacial score (nSPS) is 29.7. The molecule has 1 amide bonds. The van der Waals surface area contributed by atoms with Crippen LogP contribution in [-0.2, 0) is 4.79 Å². The molecular formula is C11H21N3O. The molecule has 0 aromatic carbocycles. The van der Waals surface area contributed by atoms with Crippen molar-refractivity contribution in [2.45, 2.75) is 37.8 Å². The molecule has 15 heavy (non-hydrogen) atoms. The Labute approximate surface area is 91.4 Å². The molecule has 2 N–H and O–H groups in total. The number of amides is 1. The summed E-state index contributed by atoms with van der Waals surface area (Å²) in [6.45, 7) is 3.82. The van der Waals surface area contributed by atoms with E-state index in [1.807, 2.05) is 4.90 Å². The molecule has 4 heteroatoms. The highest BCUT2D eigenvalue weighted by Crippen LogP contribution is 2.24. The maximum absolute atomic E-state index is 10.6. The summed E-state index contributed by atoms with van der Waals surface area (Å²) in [7, 11) is 0. The van der Waals surface area contributed by atoms with Crippen LogP contribution in [0, 0.1) is 0 Å². The van der Waals surface area contributed by atoms with Crippen molar-refractivity contribution in [2.24, 2.45) is 5.73 Å². The van der Waals surface area contributed by atoms with Crippen LogP contribution in [0.1, 0.15) is 25.7 Å². The van der Waals surface area contributed by atoms with Crippen molar-refractivity contribution in [3.63, 3.8) is 0 Å². The van der Waals surface area contributed by atoms with E-state index in [2.05, 4.69) is 4.90 Å². The minimum atomic E-state index is 0.595. The highest BCUT2D eigenvalue weighted by atomic mass is 16.1. The molecule has 86 valence electrons. The van der Waals surface area contributed by atoms with Gasteiger partial charge in [-0.3, -0.25) is 9.69 Å². The molecule has 4 nitrogen and oxygen atoms in total. The fourth-order valence-electron chi connectivity index (χ4n) is 2.91. The van der Waals surface area contributed by atoms with E-state index < -0.39 is 0 Å². The SMILES string of the molecule is NCC1CCCN1C1CCN(C=O)CC1. The first kappa shape index (κ1) is 10.9. The lowest BCUT2D eigenvalue weighted by Gasteiger charge is -2.38. The van der Waals surface area contributed by atoms with Crippen molar-refractivity contribution in [2.75, 3.05) is 26.2 Å². The fourth-order valence-corrected chi connectivity index (χ4v) is 2.91. The van der Waals surface area contributed by atoms with E-state index in [-0.39, 0.29) is 0 Å². The van der Waals surface area contributed by atoms with Gasteiger partial charge in [-0.05, 0) is 32.2 Å². The van der Waals surface area contributed by atoms with Gasteiger partial charge >= 0.3 is 0 Å².